The van der Waals surface area contributed by atoms with Crippen molar-refractivity contribution in [2.75, 3.05) is 20.8 Å². The van der Waals surface area contributed by atoms with E-state index in [1.165, 1.54) is 5.56 Å². The van der Waals surface area contributed by atoms with Crippen LogP contribution in [0, 0.1) is 0 Å². The molecule has 1 aliphatic heterocycles. The highest BCUT2D eigenvalue weighted by Gasteiger charge is 2.23. The summed E-state index contributed by atoms with van der Waals surface area (Å²) in [4.78, 5) is 18.4. The quantitative estimate of drug-likeness (QED) is 0.901. The number of ether oxygens (including phenoxy) is 2. The van der Waals surface area contributed by atoms with E-state index < -0.39 is 0 Å². The highest BCUT2D eigenvalue weighted by molar-refractivity contribution is 5.75. The van der Waals surface area contributed by atoms with Gasteiger partial charge < -0.3 is 24.3 Å². The molecule has 134 valence electrons. The zero-order chi connectivity index (χ0) is 17.8. The van der Waals surface area contributed by atoms with Gasteiger partial charge in [-0.15, -0.1) is 0 Å². The first kappa shape index (κ1) is 17.1. The Kier molecular flexibility index (Phi) is 5.11. The second-order valence-corrected chi connectivity index (χ2v) is 6.26. The van der Waals surface area contributed by atoms with Gasteiger partial charge >= 0.3 is 6.03 Å². The van der Waals surface area contributed by atoms with Gasteiger partial charge in [0.25, 0.3) is 0 Å². The Labute approximate surface area is 147 Å². The van der Waals surface area contributed by atoms with Crippen molar-refractivity contribution in [2.24, 2.45) is 0 Å². The van der Waals surface area contributed by atoms with E-state index >= 15 is 0 Å². The van der Waals surface area contributed by atoms with Crippen molar-refractivity contribution in [3.8, 4) is 11.5 Å². The monoisotopic (exact) mass is 344 g/mol. The van der Waals surface area contributed by atoms with Crippen LogP contribution in [0.5, 0.6) is 11.5 Å². The van der Waals surface area contributed by atoms with Crippen molar-refractivity contribution in [3.63, 3.8) is 0 Å². The second kappa shape index (κ2) is 7.46. The van der Waals surface area contributed by atoms with Crippen LogP contribution in [0.3, 0.4) is 0 Å². The summed E-state index contributed by atoms with van der Waals surface area (Å²) < 4.78 is 12.7. The Morgan fingerprint density at radius 2 is 2.00 bits per heavy atom. The number of aromatic nitrogens is 2. The minimum Gasteiger partial charge on any atom is -0.493 e. The highest BCUT2D eigenvalue weighted by Crippen LogP contribution is 2.33. The fourth-order valence-electron chi connectivity index (χ4n) is 3.12. The van der Waals surface area contributed by atoms with Crippen molar-refractivity contribution < 1.29 is 14.3 Å². The number of amides is 2. The van der Waals surface area contributed by atoms with Crippen LogP contribution in [0.2, 0.25) is 0 Å². The third-order valence-corrected chi connectivity index (χ3v) is 4.42. The first-order chi connectivity index (χ1) is 12.1. The molecule has 1 aromatic heterocycles. The largest absolute Gasteiger partial charge is 0.493 e. The topological polar surface area (TPSA) is 68.6 Å². The number of carbonyl (C=O) groups excluding carboxylic acids is 1. The lowest BCUT2D eigenvalue weighted by Crippen LogP contribution is -2.46. The molecule has 0 aliphatic carbocycles. The van der Waals surface area contributed by atoms with Gasteiger partial charge in [0, 0.05) is 38.1 Å². The summed E-state index contributed by atoms with van der Waals surface area (Å²) in [5.41, 5.74) is 2.30. The molecule has 0 fully saturated rings. The minimum absolute atomic E-state index is 0.0218. The minimum atomic E-state index is -0.0481. The number of nitrogens with one attached hydrogen (secondary N) is 1. The molecule has 2 amide bonds. The molecule has 7 heteroatoms. The molecule has 0 spiro atoms. The second-order valence-electron chi connectivity index (χ2n) is 6.26. The van der Waals surface area contributed by atoms with Crippen LogP contribution in [0.15, 0.2) is 30.9 Å². The van der Waals surface area contributed by atoms with Crippen LogP contribution in [-0.2, 0) is 19.5 Å². The fraction of sp³-hybridized carbons (Fsp3) is 0.444. The van der Waals surface area contributed by atoms with Crippen LogP contribution < -0.4 is 14.8 Å². The third-order valence-electron chi connectivity index (χ3n) is 4.42. The number of methoxy groups -OCH3 is 2. The van der Waals surface area contributed by atoms with Gasteiger partial charge in [-0.2, -0.15) is 0 Å². The molecule has 0 saturated heterocycles. The van der Waals surface area contributed by atoms with E-state index in [1.54, 1.807) is 26.7 Å². The number of fused-ring (bicyclic) bond motifs is 1. The SMILES string of the molecule is COc1cc2c(cc1OC)CN(C(=O)N[C@@H](C)Cn1ccnc1)CC2. The number of urea groups is 1. The van der Waals surface area contributed by atoms with E-state index in [-0.39, 0.29) is 12.1 Å². The van der Waals surface area contributed by atoms with Crippen LogP contribution >= 0.6 is 0 Å². The summed E-state index contributed by atoms with van der Waals surface area (Å²) in [5, 5.41) is 3.05. The third kappa shape index (κ3) is 3.87. The van der Waals surface area contributed by atoms with Crippen LogP contribution in [0.4, 0.5) is 4.79 Å². The number of imidazole rings is 1. The molecule has 3 rings (SSSR count). The molecule has 7 nitrogen and oxygen atoms in total. The molecule has 1 aromatic carbocycles. The fourth-order valence-corrected chi connectivity index (χ4v) is 3.12. The maximum Gasteiger partial charge on any atom is 0.317 e. The van der Waals surface area contributed by atoms with E-state index in [9.17, 15) is 4.79 Å². The molecule has 1 atom stereocenters. The Bertz CT molecular complexity index is 730. The van der Waals surface area contributed by atoms with E-state index in [0.29, 0.717) is 25.4 Å². The van der Waals surface area contributed by atoms with E-state index in [2.05, 4.69) is 10.3 Å². The smallest absolute Gasteiger partial charge is 0.317 e. The van der Waals surface area contributed by atoms with E-state index in [1.807, 2.05) is 34.7 Å². The van der Waals surface area contributed by atoms with Gasteiger partial charge in [0.2, 0.25) is 0 Å². The summed E-state index contributed by atoms with van der Waals surface area (Å²) in [6, 6.07) is 3.94. The van der Waals surface area contributed by atoms with Gasteiger partial charge in [0.05, 0.1) is 20.5 Å². The van der Waals surface area contributed by atoms with Gasteiger partial charge in [-0.05, 0) is 36.6 Å². The molecule has 0 bridgehead atoms. The molecule has 0 unspecified atom stereocenters. The first-order valence-corrected chi connectivity index (χ1v) is 8.35. The van der Waals surface area contributed by atoms with Crippen LogP contribution in [-0.4, -0.2) is 47.3 Å². The predicted molar refractivity (Wildman–Crippen MR) is 93.9 cm³/mol. The van der Waals surface area contributed by atoms with Crippen molar-refractivity contribution in [1.82, 2.24) is 19.8 Å². The summed E-state index contributed by atoms with van der Waals surface area (Å²) in [7, 11) is 3.25. The molecule has 25 heavy (non-hydrogen) atoms. The van der Waals surface area contributed by atoms with Crippen LogP contribution in [0.1, 0.15) is 18.1 Å². The number of carbonyl (C=O) groups is 1. The molecular formula is C18H24N4O3. The predicted octanol–water partition coefficient (Wildman–Crippen LogP) is 2.06. The standard InChI is InChI=1S/C18H24N4O3/c1-13(10-21-7-5-19-12-21)20-18(23)22-6-4-14-8-16(24-2)17(25-3)9-15(14)11-22/h5,7-9,12-13H,4,6,10-11H2,1-3H3,(H,20,23)/t13-/m0/s1. The summed E-state index contributed by atoms with van der Waals surface area (Å²) in [5.74, 6) is 1.42. The Hall–Kier alpha value is -2.70. The molecule has 1 N–H and O–H groups in total. The number of rotatable bonds is 5. The summed E-state index contributed by atoms with van der Waals surface area (Å²) in [6.07, 6.45) is 6.18. The average molecular weight is 344 g/mol. The van der Waals surface area contributed by atoms with Gasteiger partial charge in [-0.25, -0.2) is 9.78 Å². The number of nitrogens with zero attached hydrogens (tertiary/aromatic N) is 3. The van der Waals surface area contributed by atoms with E-state index in [0.717, 1.165) is 17.7 Å². The molecular weight excluding hydrogens is 320 g/mol. The van der Waals surface area contributed by atoms with Crippen molar-refractivity contribution in [2.45, 2.75) is 32.5 Å². The first-order valence-electron chi connectivity index (χ1n) is 8.35. The van der Waals surface area contributed by atoms with Crippen LogP contribution in [0.25, 0.3) is 0 Å². The van der Waals surface area contributed by atoms with Gasteiger partial charge in [-0.1, -0.05) is 0 Å². The molecule has 2 heterocycles. The molecule has 0 saturated carbocycles. The normalized spacial score (nSPS) is 14.6. The average Bonchev–Trinajstić information content (AvgIpc) is 3.12. The van der Waals surface area contributed by atoms with Crippen molar-refractivity contribution in [3.05, 3.63) is 42.0 Å². The number of hydrogen-bond acceptors (Lipinski definition) is 4. The molecule has 1 aliphatic rings. The molecule has 2 aromatic rings. The van der Waals surface area contributed by atoms with Gasteiger partial charge in [0.1, 0.15) is 0 Å². The molecule has 0 radical (unpaired) electrons. The maximum absolute atomic E-state index is 12.6. The summed E-state index contributed by atoms with van der Waals surface area (Å²) >= 11 is 0. The maximum atomic E-state index is 12.6. The Morgan fingerprint density at radius 3 is 2.64 bits per heavy atom. The lowest BCUT2D eigenvalue weighted by Gasteiger charge is -2.30. The Balaban J connectivity index is 1.64. The van der Waals surface area contributed by atoms with Crippen molar-refractivity contribution in [1.29, 1.82) is 0 Å². The summed E-state index contributed by atoms with van der Waals surface area (Å²) in [6.45, 7) is 3.94. The van der Waals surface area contributed by atoms with Gasteiger partial charge in [-0.3, -0.25) is 0 Å². The lowest BCUT2D eigenvalue weighted by molar-refractivity contribution is 0.187. The number of benzene rings is 1. The van der Waals surface area contributed by atoms with E-state index in [4.69, 9.17) is 9.47 Å². The van der Waals surface area contributed by atoms with Gasteiger partial charge in [0.15, 0.2) is 11.5 Å². The lowest BCUT2D eigenvalue weighted by atomic mass is 9.99. The zero-order valence-corrected chi connectivity index (χ0v) is 14.9. The zero-order valence-electron chi connectivity index (χ0n) is 14.9. The van der Waals surface area contributed by atoms with Crippen molar-refractivity contribution >= 4 is 6.03 Å². The highest BCUT2D eigenvalue weighted by atomic mass is 16.5. The Morgan fingerprint density at radius 1 is 1.28 bits per heavy atom. The number of hydrogen-bond donors (Lipinski definition) is 1.